The maximum atomic E-state index is 13.0. The molecule has 1 aromatic heterocycles. The summed E-state index contributed by atoms with van der Waals surface area (Å²) >= 11 is 0. The third kappa shape index (κ3) is 5.24. The Bertz CT molecular complexity index is 1290. The molecule has 0 radical (unpaired) electrons. The molecular formula is C28H29N5O2. The fraction of sp³-hybridized carbons (Fsp3) is 0.286. The Morgan fingerprint density at radius 2 is 2.03 bits per heavy atom. The van der Waals surface area contributed by atoms with E-state index < -0.39 is 0 Å². The number of nitrogens with one attached hydrogen (secondary N) is 1. The van der Waals surface area contributed by atoms with E-state index >= 15 is 0 Å². The van der Waals surface area contributed by atoms with Gasteiger partial charge in [-0.2, -0.15) is 0 Å². The highest BCUT2D eigenvalue weighted by Crippen LogP contribution is 2.29. The minimum atomic E-state index is -0.116. The summed E-state index contributed by atoms with van der Waals surface area (Å²) in [6.45, 7) is 3.95. The van der Waals surface area contributed by atoms with Crippen molar-refractivity contribution in [3.05, 3.63) is 89.2 Å². The largest absolute Gasteiger partial charge is 0.507 e. The van der Waals surface area contributed by atoms with Gasteiger partial charge in [-0.25, -0.2) is 9.98 Å². The third-order valence-electron chi connectivity index (χ3n) is 6.54. The minimum absolute atomic E-state index is 0.0541. The molecule has 0 spiro atoms. The van der Waals surface area contributed by atoms with E-state index in [0.717, 1.165) is 47.6 Å². The molecule has 1 amide bonds. The van der Waals surface area contributed by atoms with Gasteiger partial charge in [-0.05, 0) is 60.7 Å². The highest BCUT2D eigenvalue weighted by Gasteiger charge is 2.29. The summed E-state index contributed by atoms with van der Waals surface area (Å²) in [5.41, 5.74) is 4.66. The molecule has 178 valence electrons. The molecule has 7 heteroatoms. The summed E-state index contributed by atoms with van der Waals surface area (Å²) in [5.74, 6) is 1.45. The van der Waals surface area contributed by atoms with Gasteiger partial charge in [0.2, 0.25) is 5.91 Å². The Balaban J connectivity index is 1.39. The van der Waals surface area contributed by atoms with Crippen LogP contribution in [0.2, 0.25) is 0 Å². The standard InChI is InChI=1S/C28H29N5O2/c1-19-10-11-21-15-26(32-27(31-24(21)14-19)23-8-2-3-9-25(23)34)33-13-5-7-22(18-33)28(35)30-17-20-6-4-12-29-16-20/h2-4,6,8-12,14,16,22,34H,5,7,13,15,17-18H2,1H3,(H,30,35). The van der Waals surface area contributed by atoms with E-state index in [1.165, 1.54) is 0 Å². The van der Waals surface area contributed by atoms with Crippen LogP contribution in [0.25, 0.3) is 0 Å². The molecule has 2 aliphatic heterocycles. The number of aromatic nitrogens is 1. The Morgan fingerprint density at radius 3 is 2.86 bits per heavy atom. The van der Waals surface area contributed by atoms with Gasteiger partial charge in [0.05, 0.1) is 17.2 Å². The zero-order valence-electron chi connectivity index (χ0n) is 19.8. The number of amidine groups is 2. The number of carbonyl (C=O) groups is 1. The maximum absolute atomic E-state index is 13.0. The second kappa shape index (κ2) is 10.1. The number of piperidine rings is 1. The second-order valence-electron chi connectivity index (χ2n) is 9.15. The van der Waals surface area contributed by atoms with E-state index in [9.17, 15) is 9.90 Å². The summed E-state index contributed by atoms with van der Waals surface area (Å²) in [4.78, 5) is 29.1. The van der Waals surface area contributed by atoms with Crippen LogP contribution in [-0.4, -0.2) is 45.7 Å². The fourth-order valence-corrected chi connectivity index (χ4v) is 4.63. The zero-order valence-corrected chi connectivity index (χ0v) is 19.8. The first-order valence-electron chi connectivity index (χ1n) is 12.0. The smallest absolute Gasteiger partial charge is 0.225 e. The molecular weight excluding hydrogens is 438 g/mol. The number of nitrogens with zero attached hydrogens (tertiary/aromatic N) is 4. The summed E-state index contributed by atoms with van der Waals surface area (Å²) in [5, 5.41) is 13.6. The molecule has 0 saturated carbocycles. The molecule has 1 saturated heterocycles. The first kappa shape index (κ1) is 22.8. The summed E-state index contributed by atoms with van der Waals surface area (Å²) < 4.78 is 0. The normalized spacial score (nSPS) is 17.6. The van der Waals surface area contributed by atoms with Crippen LogP contribution in [0.4, 0.5) is 5.69 Å². The Hall–Kier alpha value is -4.00. The van der Waals surface area contributed by atoms with Crippen molar-refractivity contribution in [2.24, 2.45) is 15.9 Å². The van der Waals surface area contributed by atoms with Crippen LogP contribution in [0.5, 0.6) is 5.75 Å². The van der Waals surface area contributed by atoms with Crippen LogP contribution in [0.1, 0.15) is 35.1 Å². The number of phenols is 1. The first-order valence-corrected chi connectivity index (χ1v) is 12.0. The van der Waals surface area contributed by atoms with Gasteiger partial charge >= 0.3 is 0 Å². The van der Waals surface area contributed by atoms with Crippen molar-refractivity contribution >= 4 is 23.3 Å². The number of hydrogen-bond donors (Lipinski definition) is 2. The average molecular weight is 468 g/mol. The molecule has 1 unspecified atom stereocenters. The minimum Gasteiger partial charge on any atom is -0.507 e. The van der Waals surface area contributed by atoms with E-state index in [2.05, 4.69) is 33.4 Å². The van der Waals surface area contributed by atoms with Crippen LogP contribution in [0, 0.1) is 12.8 Å². The molecule has 0 aliphatic carbocycles. The van der Waals surface area contributed by atoms with Crippen molar-refractivity contribution < 1.29 is 9.90 Å². The number of pyridine rings is 1. The van der Waals surface area contributed by atoms with Crippen LogP contribution in [0.15, 0.2) is 77.0 Å². The molecule has 1 atom stereocenters. The zero-order chi connectivity index (χ0) is 24.2. The lowest BCUT2D eigenvalue weighted by Gasteiger charge is -2.34. The molecule has 1 fully saturated rings. The Morgan fingerprint density at radius 1 is 1.14 bits per heavy atom. The van der Waals surface area contributed by atoms with Crippen molar-refractivity contribution in [2.75, 3.05) is 13.1 Å². The monoisotopic (exact) mass is 467 g/mol. The van der Waals surface area contributed by atoms with E-state index in [1.54, 1.807) is 24.5 Å². The van der Waals surface area contributed by atoms with Gasteiger partial charge in [-0.1, -0.05) is 30.3 Å². The number of hydrogen-bond acceptors (Lipinski definition) is 6. The van der Waals surface area contributed by atoms with Gasteiger partial charge in [0.25, 0.3) is 0 Å². The summed E-state index contributed by atoms with van der Waals surface area (Å²) in [7, 11) is 0. The van der Waals surface area contributed by atoms with Crippen LogP contribution >= 0.6 is 0 Å². The topological polar surface area (TPSA) is 90.2 Å². The lowest BCUT2D eigenvalue weighted by molar-refractivity contribution is -0.126. The SMILES string of the molecule is Cc1ccc2c(c1)N=C(c1ccccc1O)N=C(N1CCCC(C(=O)NCc3cccnc3)C1)C2. The number of phenolic OH excluding ortho intramolecular Hbond substituents is 1. The molecule has 5 rings (SSSR count). The molecule has 7 nitrogen and oxygen atoms in total. The van der Waals surface area contributed by atoms with Crippen molar-refractivity contribution in [1.29, 1.82) is 0 Å². The molecule has 0 bridgehead atoms. The number of carbonyl (C=O) groups excluding carboxylic acids is 1. The number of aliphatic imine (C=N–C) groups is 2. The molecule has 2 aliphatic rings. The number of likely N-dealkylation sites (tertiary alicyclic amines) is 1. The van der Waals surface area contributed by atoms with Gasteiger partial charge in [0.15, 0.2) is 5.84 Å². The predicted molar refractivity (Wildman–Crippen MR) is 137 cm³/mol. The van der Waals surface area contributed by atoms with Crippen molar-refractivity contribution in [3.63, 3.8) is 0 Å². The number of aryl methyl sites for hydroxylation is 1. The highest BCUT2D eigenvalue weighted by molar-refractivity contribution is 6.10. The van der Waals surface area contributed by atoms with E-state index in [4.69, 9.17) is 9.98 Å². The summed E-state index contributed by atoms with van der Waals surface area (Å²) in [6.07, 6.45) is 5.88. The van der Waals surface area contributed by atoms with E-state index in [1.807, 2.05) is 31.2 Å². The number of para-hydroxylation sites is 1. The molecule has 3 heterocycles. The maximum Gasteiger partial charge on any atom is 0.225 e. The molecule has 3 aromatic rings. The number of rotatable bonds is 4. The van der Waals surface area contributed by atoms with Crippen molar-refractivity contribution in [3.8, 4) is 5.75 Å². The summed E-state index contributed by atoms with van der Waals surface area (Å²) in [6, 6.07) is 17.2. The van der Waals surface area contributed by atoms with Crippen LogP contribution < -0.4 is 5.32 Å². The quantitative estimate of drug-likeness (QED) is 0.603. The van der Waals surface area contributed by atoms with Gasteiger partial charge in [-0.15, -0.1) is 0 Å². The van der Waals surface area contributed by atoms with Gasteiger partial charge in [-0.3, -0.25) is 9.78 Å². The van der Waals surface area contributed by atoms with E-state index in [0.29, 0.717) is 30.9 Å². The molecule has 2 aromatic carbocycles. The van der Waals surface area contributed by atoms with Crippen LogP contribution in [-0.2, 0) is 17.8 Å². The van der Waals surface area contributed by atoms with Crippen LogP contribution in [0.3, 0.4) is 0 Å². The first-order chi connectivity index (χ1) is 17.1. The lowest BCUT2D eigenvalue weighted by Crippen LogP contribution is -2.46. The van der Waals surface area contributed by atoms with Crippen molar-refractivity contribution in [1.82, 2.24) is 15.2 Å². The number of benzene rings is 2. The van der Waals surface area contributed by atoms with Gasteiger partial charge in [0, 0.05) is 38.4 Å². The average Bonchev–Trinajstić information content (AvgIpc) is 3.07. The third-order valence-corrected chi connectivity index (χ3v) is 6.54. The predicted octanol–water partition coefficient (Wildman–Crippen LogP) is 4.16. The second-order valence-corrected chi connectivity index (χ2v) is 9.15. The number of amides is 1. The number of fused-ring (bicyclic) bond motifs is 1. The Labute approximate surface area is 205 Å². The Kier molecular flexibility index (Phi) is 6.57. The molecule has 2 N–H and O–H groups in total. The van der Waals surface area contributed by atoms with Gasteiger partial charge in [0.1, 0.15) is 11.6 Å². The highest BCUT2D eigenvalue weighted by atomic mass is 16.3. The fourth-order valence-electron chi connectivity index (χ4n) is 4.63. The van der Waals surface area contributed by atoms with Crippen molar-refractivity contribution in [2.45, 2.75) is 32.7 Å². The van der Waals surface area contributed by atoms with Gasteiger partial charge < -0.3 is 15.3 Å². The lowest BCUT2D eigenvalue weighted by atomic mass is 9.96. The number of aromatic hydroxyl groups is 1. The molecule has 35 heavy (non-hydrogen) atoms. The van der Waals surface area contributed by atoms with E-state index in [-0.39, 0.29) is 17.6 Å².